The third-order valence-corrected chi connectivity index (χ3v) is 9.18. The largest absolute Gasteiger partial charge is 0.365 e. The number of fused-ring (bicyclic) bond motifs is 2. The number of allylic oxidation sites excluding steroid dienone is 1. The number of carbonyl (C=O) groups is 1. The van der Waals surface area contributed by atoms with E-state index >= 15 is 0 Å². The van der Waals surface area contributed by atoms with E-state index in [1.165, 1.54) is 5.57 Å². The lowest BCUT2D eigenvalue weighted by molar-refractivity contribution is -0.116. The lowest BCUT2D eigenvalue weighted by Gasteiger charge is -2.41. The SMILES string of the molecule is CC1=CC(C)(C)N(C)c2cc(Cl)c([C@H]3[C@@H](c4ccccn4)NC(=S)N3CCC(=O)Nc3cccc4ccccc34)cc21. The van der Waals surface area contributed by atoms with Crippen LogP contribution in [0.2, 0.25) is 5.02 Å². The number of aromatic nitrogens is 1. The molecule has 2 aliphatic heterocycles. The van der Waals surface area contributed by atoms with Crippen molar-refractivity contribution in [3.05, 3.63) is 107 Å². The topological polar surface area (TPSA) is 60.5 Å². The van der Waals surface area contributed by atoms with Crippen molar-refractivity contribution in [1.29, 1.82) is 0 Å². The molecule has 1 aromatic heterocycles. The molecule has 1 amide bonds. The van der Waals surface area contributed by atoms with Crippen LogP contribution in [0.3, 0.4) is 0 Å². The molecule has 0 spiro atoms. The molecule has 1 fully saturated rings. The van der Waals surface area contributed by atoms with Crippen LogP contribution in [0.4, 0.5) is 11.4 Å². The second-order valence-electron chi connectivity index (χ2n) is 11.6. The first kappa shape index (κ1) is 28.2. The van der Waals surface area contributed by atoms with Crippen molar-refractivity contribution in [3.63, 3.8) is 0 Å². The summed E-state index contributed by atoms with van der Waals surface area (Å²) in [7, 11) is 2.10. The number of hydrogen-bond donors (Lipinski definition) is 2. The number of carbonyl (C=O) groups excluding carboxylic acids is 1. The van der Waals surface area contributed by atoms with Gasteiger partial charge in [-0.05, 0) is 79.8 Å². The Hall–Kier alpha value is -3.94. The minimum atomic E-state index is -0.247. The van der Waals surface area contributed by atoms with Gasteiger partial charge in [-0.15, -0.1) is 0 Å². The van der Waals surface area contributed by atoms with Crippen LogP contribution in [-0.2, 0) is 4.79 Å². The van der Waals surface area contributed by atoms with Crippen LogP contribution in [0.1, 0.15) is 56.1 Å². The fourth-order valence-electron chi connectivity index (χ4n) is 6.17. The standard InChI is InChI=1S/C34H34ClN5OS/c1-21-20-34(2,3)39(4)29-19-26(35)25(18-24(21)29)32-31(28-13-7-8-16-36-28)38-33(42)40(32)17-15-30(41)37-27-14-9-11-22-10-5-6-12-23(22)27/h5-14,16,18-20,31-32H,15,17H2,1-4H3,(H,37,41)(H,38,42)/t31-,32+/m1/s1. The van der Waals surface area contributed by atoms with Crippen LogP contribution in [0, 0.1) is 0 Å². The Bertz CT molecular complexity index is 1710. The normalized spacial score (nSPS) is 19.4. The lowest BCUT2D eigenvalue weighted by atomic mass is 9.86. The van der Waals surface area contributed by atoms with Gasteiger partial charge in [0.05, 0.1) is 23.3 Å². The van der Waals surface area contributed by atoms with Gasteiger partial charge in [0.25, 0.3) is 0 Å². The van der Waals surface area contributed by atoms with Gasteiger partial charge in [0.2, 0.25) is 5.91 Å². The summed E-state index contributed by atoms with van der Waals surface area (Å²) >= 11 is 13.0. The van der Waals surface area contributed by atoms with Crippen LogP contribution < -0.4 is 15.5 Å². The molecule has 1 saturated heterocycles. The maximum absolute atomic E-state index is 13.3. The summed E-state index contributed by atoms with van der Waals surface area (Å²) in [5.74, 6) is -0.0756. The predicted molar refractivity (Wildman–Crippen MR) is 177 cm³/mol. The van der Waals surface area contributed by atoms with Crippen LogP contribution in [0.15, 0.2) is 85.1 Å². The third kappa shape index (κ3) is 5.12. The highest BCUT2D eigenvalue weighted by molar-refractivity contribution is 7.80. The Balaban J connectivity index is 1.33. The van der Waals surface area contributed by atoms with E-state index in [0.717, 1.165) is 39.0 Å². The van der Waals surface area contributed by atoms with E-state index in [1.54, 1.807) is 6.20 Å². The highest BCUT2D eigenvalue weighted by atomic mass is 35.5. The number of nitrogens with zero attached hydrogens (tertiary/aromatic N) is 3. The van der Waals surface area contributed by atoms with Gasteiger partial charge in [-0.1, -0.05) is 60.1 Å². The van der Waals surface area contributed by atoms with Gasteiger partial charge >= 0.3 is 0 Å². The molecule has 8 heteroatoms. The van der Waals surface area contributed by atoms with Crippen molar-refractivity contribution in [2.75, 3.05) is 23.8 Å². The van der Waals surface area contributed by atoms with E-state index in [-0.39, 0.29) is 30.0 Å². The zero-order valence-electron chi connectivity index (χ0n) is 24.2. The van der Waals surface area contributed by atoms with E-state index < -0.39 is 0 Å². The number of benzene rings is 3. The average molecular weight is 596 g/mol. The molecule has 2 aliphatic rings. The summed E-state index contributed by atoms with van der Waals surface area (Å²) in [6.45, 7) is 6.96. The molecule has 2 N–H and O–H groups in total. The van der Waals surface area contributed by atoms with Crippen molar-refractivity contribution in [1.82, 2.24) is 15.2 Å². The summed E-state index contributed by atoms with van der Waals surface area (Å²) in [4.78, 5) is 22.3. The zero-order valence-corrected chi connectivity index (χ0v) is 25.8. The number of nitrogens with one attached hydrogen (secondary N) is 2. The Labute approximate surface area is 257 Å². The predicted octanol–water partition coefficient (Wildman–Crippen LogP) is 7.52. The quantitative estimate of drug-likeness (QED) is 0.225. The van der Waals surface area contributed by atoms with Gasteiger partial charge in [0.1, 0.15) is 0 Å². The smallest absolute Gasteiger partial charge is 0.226 e. The Kier molecular flexibility index (Phi) is 7.41. The van der Waals surface area contributed by atoms with Crippen molar-refractivity contribution in [3.8, 4) is 0 Å². The van der Waals surface area contributed by atoms with E-state index in [9.17, 15) is 4.79 Å². The van der Waals surface area contributed by atoms with Gasteiger partial charge in [0, 0.05) is 53.6 Å². The Morgan fingerprint density at radius 1 is 1.10 bits per heavy atom. The van der Waals surface area contributed by atoms with Crippen LogP contribution in [0.5, 0.6) is 0 Å². The fourth-order valence-corrected chi connectivity index (χ4v) is 6.77. The molecule has 0 radical (unpaired) electrons. The van der Waals surface area contributed by atoms with Crippen molar-refractivity contribution in [2.24, 2.45) is 0 Å². The van der Waals surface area contributed by atoms with Crippen molar-refractivity contribution < 1.29 is 4.79 Å². The summed E-state index contributed by atoms with van der Waals surface area (Å²) in [5, 5.41) is 9.93. The number of amides is 1. The minimum absolute atomic E-state index is 0.0756. The summed E-state index contributed by atoms with van der Waals surface area (Å²) in [5.41, 5.74) is 5.93. The third-order valence-electron chi connectivity index (χ3n) is 8.50. The molecule has 42 heavy (non-hydrogen) atoms. The van der Waals surface area contributed by atoms with Gasteiger partial charge in [0.15, 0.2) is 5.11 Å². The first-order chi connectivity index (χ1) is 20.1. The molecule has 4 aromatic rings. The molecule has 6 nitrogen and oxygen atoms in total. The molecule has 0 saturated carbocycles. The fraction of sp³-hybridized carbons (Fsp3) is 0.265. The molecular weight excluding hydrogens is 562 g/mol. The van der Waals surface area contributed by atoms with E-state index in [0.29, 0.717) is 16.7 Å². The van der Waals surface area contributed by atoms with Crippen molar-refractivity contribution >= 4 is 62.6 Å². The monoisotopic (exact) mass is 595 g/mol. The summed E-state index contributed by atoms with van der Waals surface area (Å²) in [6, 6.07) is 23.6. The highest BCUT2D eigenvalue weighted by Gasteiger charge is 2.41. The molecule has 6 rings (SSSR count). The molecule has 0 aliphatic carbocycles. The molecule has 0 bridgehead atoms. The van der Waals surface area contributed by atoms with E-state index in [4.69, 9.17) is 23.8 Å². The summed E-state index contributed by atoms with van der Waals surface area (Å²) < 4.78 is 0. The minimum Gasteiger partial charge on any atom is -0.365 e. The van der Waals surface area contributed by atoms with Gasteiger partial charge in [-0.3, -0.25) is 9.78 Å². The Morgan fingerprint density at radius 3 is 2.64 bits per heavy atom. The lowest BCUT2D eigenvalue weighted by Crippen LogP contribution is -2.42. The number of halogens is 1. The number of likely N-dealkylation sites (N-methyl/N-ethyl adjacent to an activating group) is 1. The van der Waals surface area contributed by atoms with Gasteiger partial charge in [-0.25, -0.2) is 0 Å². The molecule has 3 aromatic carbocycles. The maximum atomic E-state index is 13.3. The number of anilines is 2. The van der Waals surface area contributed by atoms with Crippen LogP contribution in [-0.4, -0.2) is 40.0 Å². The first-order valence-electron chi connectivity index (χ1n) is 14.2. The van der Waals surface area contributed by atoms with Crippen LogP contribution in [0.25, 0.3) is 16.3 Å². The Morgan fingerprint density at radius 2 is 1.86 bits per heavy atom. The van der Waals surface area contributed by atoms with Gasteiger partial charge in [-0.2, -0.15) is 0 Å². The van der Waals surface area contributed by atoms with Crippen molar-refractivity contribution in [2.45, 2.75) is 44.8 Å². The molecule has 0 unspecified atom stereocenters. The number of thiocarbonyl (C=S) groups is 1. The molecular formula is C34H34ClN5OS. The zero-order chi connectivity index (χ0) is 29.6. The number of hydrogen-bond acceptors (Lipinski definition) is 4. The number of rotatable bonds is 6. The highest BCUT2D eigenvalue weighted by Crippen LogP contribution is 2.46. The van der Waals surface area contributed by atoms with Gasteiger partial charge < -0.3 is 20.4 Å². The second-order valence-corrected chi connectivity index (χ2v) is 12.4. The average Bonchev–Trinajstić information content (AvgIpc) is 3.30. The molecule has 3 heterocycles. The first-order valence-corrected chi connectivity index (χ1v) is 15.0. The number of pyridine rings is 1. The van der Waals surface area contributed by atoms with E-state index in [1.807, 2.05) is 60.7 Å². The maximum Gasteiger partial charge on any atom is 0.226 e. The summed E-state index contributed by atoms with van der Waals surface area (Å²) in [6.07, 6.45) is 4.33. The molecule has 2 atom stereocenters. The molecule has 214 valence electrons. The van der Waals surface area contributed by atoms with Crippen LogP contribution >= 0.6 is 23.8 Å². The second kappa shape index (κ2) is 11.0. The van der Waals surface area contributed by atoms with E-state index in [2.05, 4.69) is 71.4 Å².